The van der Waals surface area contributed by atoms with Gasteiger partial charge in [-0.1, -0.05) is 6.07 Å². The van der Waals surface area contributed by atoms with Gasteiger partial charge in [0.2, 0.25) is 0 Å². The molecule has 17 heteroatoms. The van der Waals surface area contributed by atoms with Crippen LogP contribution in [-0.4, -0.2) is 121 Å². The Hall–Kier alpha value is -2.83. The zero-order valence-electron chi connectivity index (χ0n) is 26.0. The molecule has 0 saturated heterocycles. The van der Waals surface area contributed by atoms with Crippen LogP contribution in [0.2, 0.25) is 0 Å². The molecule has 0 amide bonds. The third-order valence-corrected chi connectivity index (χ3v) is 7.63. The first-order valence-corrected chi connectivity index (χ1v) is 14.4. The first kappa shape index (κ1) is 41.2. The van der Waals surface area contributed by atoms with E-state index in [1.165, 1.54) is 28.9 Å². The van der Waals surface area contributed by atoms with Crippen molar-refractivity contribution >= 4 is 35.8 Å². The molecule has 1 aliphatic rings. The molecule has 1 aliphatic heterocycles. The molecule has 0 N–H and O–H groups in total. The van der Waals surface area contributed by atoms with Gasteiger partial charge in [-0.15, -0.1) is 0 Å². The van der Waals surface area contributed by atoms with Crippen LogP contribution in [0.15, 0.2) is 18.2 Å². The van der Waals surface area contributed by atoms with Crippen LogP contribution in [0.4, 0.5) is 0 Å². The maximum absolute atomic E-state index is 12.3. The number of rotatable bonds is 15. The predicted octanol–water partition coefficient (Wildman–Crippen LogP) is -3.78. The van der Waals surface area contributed by atoms with Gasteiger partial charge in [0, 0.05) is 64.6 Å². The van der Waals surface area contributed by atoms with E-state index in [1.807, 2.05) is 0 Å². The van der Waals surface area contributed by atoms with Crippen molar-refractivity contribution in [1.29, 1.82) is 0 Å². The molecule has 3 atom stereocenters. The SMILES string of the molecule is COC(=O)CCC(C(=O)[O-])N1CCN(C(CCC(=O)OC)C(=O)[O-])Cc2cccc(n2)CN(C(CCC(=O)OC)C(=O)[O-])CC1.[Gd+3]. The van der Waals surface area contributed by atoms with Crippen molar-refractivity contribution in [3.8, 4) is 0 Å². The molecule has 1 radical (unpaired) electrons. The van der Waals surface area contributed by atoms with Crippen molar-refractivity contribution < 1.29 is 98.2 Å². The fourth-order valence-corrected chi connectivity index (χ4v) is 5.17. The molecule has 0 aliphatic carbocycles. The molecule has 0 saturated carbocycles. The number of aliphatic carboxylic acids is 3. The second kappa shape index (κ2) is 21.1. The smallest absolute Gasteiger partial charge is 0.548 e. The van der Waals surface area contributed by atoms with Gasteiger partial charge >= 0.3 is 57.8 Å². The number of fused-ring (bicyclic) bond motifs is 2. The average molecular weight is 793 g/mol. The van der Waals surface area contributed by atoms with Crippen LogP contribution in [-0.2, 0) is 56.1 Å². The number of pyridine rings is 1. The van der Waals surface area contributed by atoms with E-state index >= 15 is 0 Å². The maximum atomic E-state index is 12.3. The van der Waals surface area contributed by atoms with Crippen LogP contribution < -0.4 is 15.3 Å². The molecule has 2 heterocycles. The van der Waals surface area contributed by atoms with Crippen molar-refractivity contribution in [1.82, 2.24) is 19.7 Å². The number of aromatic nitrogens is 1. The van der Waals surface area contributed by atoms with Crippen molar-refractivity contribution in [2.45, 2.75) is 69.7 Å². The van der Waals surface area contributed by atoms with Gasteiger partial charge < -0.3 is 43.9 Å². The molecular formula is C29H39GdN4O12. The zero-order chi connectivity index (χ0) is 33.5. The van der Waals surface area contributed by atoms with Gasteiger partial charge in [0.05, 0.1) is 62.7 Å². The third-order valence-electron chi connectivity index (χ3n) is 7.63. The summed E-state index contributed by atoms with van der Waals surface area (Å²) in [6.45, 7) is -0.279. The van der Waals surface area contributed by atoms with Crippen molar-refractivity contribution in [3.05, 3.63) is 29.6 Å². The Morgan fingerprint density at radius 2 is 0.935 bits per heavy atom. The standard InChI is InChI=1S/C29H42N4O12.Gd/c1-43-24(34)10-7-21(27(37)38)31-13-15-32(22(28(39)40)8-11-25(35)44-2)17-19-5-4-6-20(30-19)18-33(16-14-31)23(29(41)42)9-12-26(36)45-3;/h4-6,21-23H,7-18H2,1-3H3,(H,37,38)(H,39,40)(H,41,42);/q;+3/p-3. The van der Waals surface area contributed by atoms with E-state index in [4.69, 9.17) is 0 Å². The van der Waals surface area contributed by atoms with Crippen molar-refractivity contribution in [3.63, 3.8) is 0 Å². The van der Waals surface area contributed by atoms with Crippen molar-refractivity contribution in [2.75, 3.05) is 47.5 Å². The first-order chi connectivity index (χ1) is 21.4. The number of carbonyl (C=O) groups excluding carboxylic acids is 6. The Kier molecular flexibility index (Phi) is 18.9. The van der Waals surface area contributed by atoms with Gasteiger partial charge in [-0.05, 0) is 31.4 Å². The van der Waals surface area contributed by atoms with Crippen LogP contribution in [0.25, 0.3) is 0 Å². The molecule has 255 valence electrons. The number of carboxylic acids is 3. The fourth-order valence-electron chi connectivity index (χ4n) is 5.17. The van der Waals surface area contributed by atoms with Crippen LogP contribution >= 0.6 is 0 Å². The molecule has 2 bridgehead atoms. The number of hydrogen-bond acceptors (Lipinski definition) is 16. The van der Waals surface area contributed by atoms with Crippen LogP contribution in [0.5, 0.6) is 0 Å². The van der Waals surface area contributed by atoms with E-state index in [2.05, 4.69) is 19.2 Å². The Labute approximate surface area is 299 Å². The quantitative estimate of drug-likeness (QED) is 0.123. The number of carboxylic acid groups (broad SMARTS) is 3. The van der Waals surface area contributed by atoms with E-state index < -0.39 is 53.9 Å². The Morgan fingerprint density at radius 3 is 1.24 bits per heavy atom. The molecule has 16 nitrogen and oxygen atoms in total. The van der Waals surface area contributed by atoms with Crippen LogP contribution in [0, 0.1) is 39.9 Å². The summed E-state index contributed by atoms with van der Waals surface area (Å²) in [6.07, 6.45) is -1.18. The van der Waals surface area contributed by atoms with Gasteiger partial charge in [-0.3, -0.25) is 34.1 Å². The Balaban J connectivity index is 0.0000106. The summed E-state index contributed by atoms with van der Waals surface area (Å²) in [5.41, 5.74) is 0.844. The number of ether oxygens (including phenoxy) is 3. The van der Waals surface area contributed by atoms with Gasteiger partial charge in [-0.25, -0.2) is 0 Å². The van der Waals surface area contributed by atoms with Crippen molar-refractivity contribution in [2.24, 2.45) is 0 Å². The number of carbonyl (C=O) groups is 6. The number of esters is 3. The minimum atomic E-state index is -1.50. The number of hydrogen-bond donors (Lipinski definition) is 0. The Bertz CT molecular complexity index is 1140. The largest absolute Gasteiger partial charge is 3.00 e. The summed E-state index contributed by atoms with van der Waals surface area (Å²) in [5.74, 6) is -6.30. The second-order valence-electron chi connectivity index (χ2n) is 10.4. The summed E-state index contributed by atoms with van der Waals surface area (Å²) in [7, 11) is 3.52. The topological polar surface area (TPSA) is 222 Å². The average Bonchev–Trinajstić information content (AvgIpc) is 3.00. The first-order valence-electron chi connectivity index (χ1n) is 14.4. The molecular weight excluding hydrogens is 754 g/mol. The van der Waals surface area contributed by atoms with E-state index in [1.54, 1.807) is 18.2 Å². The zero-order valence-corrected chi connectivity index (χ0v) is 28.3. The van der Waals surface area contributed by atoms with Gasteiger partial charge in [-0.2, -0.15) is 0 Å². The molecule has 0 aromatic carbocycles. The minimum absolute atomic E-state index is 0. The second-order valence-corrected chi connectivity index (χ2v) is 10.4. The molecule has 3 unspecified atom stereocenters. The molecule has 0 fully saturated rings. The minimum Gasteiger partial charge on any atom is -0.548 e. The summed E-state index contributed by atoms with van der Waals surface area (Å²) in [6, 6.07) is 1.09. The predicted molar refractivity (Wildman–Crippen MR) is 147 cm³/mol. The van der Waals surface area contributed by atoms with Gasteiger partial charge in [0.25, 0.3) is 0 Å². The molecule has 2 rings (SSSR count). The Morgan fingerprint density at radius 1 is 0.630 bits per heavy atom. The van der Waals surface area contributed by atoms with E-state index in [9.17, 15) is 44.1 Å². The third kappa shape index (κ3) is 13.5. The van der Waals surface area contributed by atoms with E-state index in [0.717, 1.165) is 7.11 Å². The summed E-state index contributed by atoms with van der Waals surface area (Å²) in [4.78, 5) is 81.4. The number of nitrogens with zero attached hydrogens (tertiary/aromatic N) is 4. The monoisotopic (exact) mass is 793 g/mol. The molecule has 46 heavy (non-hydrogen) atoms. The van der Waals surface area contributed by atoms with Gasteiger partial charge in [0.1, 0.15) is 0 Å². The number of methoxy groups -OCH3 is 3. The molecule has 1 aromatic heterocycles. The summed E-state index contributed by atoms with van der Waals surface area (Å²) in [5, 5.41) is 36.8. The molecule has 1 aromatic rings. The maximum Gasteiger partial charge on any atom is 3.00 e. The van der Waals surface area contributed by atoms with Crippen LogP contribution in [0.1, 0.15) is 49.9 Å². The van der Waals surface area contributed by atoms with Crippen LogP contribution in [0.3, 0.4) is 0 Å². The normalized spacial score (nSPS) is 16.7. The summed E-state index contributed by atoms with van der Waals surface area (Å²) < 4.78 is 13.9. The molecule has 0 spiro atoms. The van der Waals surface area contributed by atoms with Gasteiger partial charge in [0.15, 0.2) is 0 Å². The summed E-state index contributed by atoms with van der Waals surface area (Å²) >= 11 is 0. The van der Waals surface area contributed by atoms with E-state index in [0.29, 0.717) is 11.4 Å². The van der Waals surface area contributed by atoms with E-state index in [-0.39, 0.29) is 118 Å². The fraction of sp³-hybridized carbons (Fsp3) is 0.621.